The van der Waals surface area contributed by atoms with Gasteiger partial charge in [-0.15, -0.1) is 0 Å². The second-order valence-corrected chi connectivity index (χ2v) is 4.78. The smallest absolute Gasteiger partial charge is 0.330 e. The zero-order valence-electron chi connectivity index (χ0n) is 11.1. The van der Waals surface area contributed by atoms with Gasteiger partial charge >= 0.3 is 5.69 Å². The first-order chi connectivity index (χ1) is 9.00. The van der Waals surface area contributed by atoms with E-state index in [0.717, 1.165) is 6.42 Å². The van der Waals surface area contributed by atoms with Crippen LogP contribution >= 0.6 is 0 Å². The van der Waals surface area contributed by atoms with Gasteiger partial charge in [-0.25, -0.2) is 9.78 Å². The van der Waals surface area contributed by atoms with Gasteiger partial charge in [-0.3, -0.25) is 14.3 Å². The maximum atomic E-state index is 12.2. The number of unbranched alkanes of at least 4 members (excludes halogenated alkanes) is 1. The Balaban J connectivity index is 2.25. The number of aromatic nitrogens is 4. The van der Waals surface area contributed by atoms with Crippen molar-refractivity contribution in [2.75, 3.05) is 0 Å². The van der Waals surface area contributed by atoms with E-state index in [-0.39, 0.29) is 11.7 Å². The van der Waals surface area contributed by atoms with Crippen molar-refractivity contribution >= 4 is 11.2 Å². The highest BCUT2D eigenvalue weighted by Crippen LogP contribution is 2.03. The van der Waals surface area contributed by atoms with E-state index < -0.39 is 5.69 Å². The average Bonchev–Trinajstić information content (AvgIpc) is 2.69. The van der Waals surface area contributed by atoms with Crippen LogP contribution in [0.3, 0.4) is 0 Å². The van der Waals surface area contributed by atoms with Crippen LogP contribution in [0, 0.1) is 0 Å². The molecule has 7 nitrogen and oxygen atoms in total. The Bertz CT molecular complexity index is 680. The quantitative estimate of drug-likeness (QED) is 0.743. The van der Waals surface area contributed by atoms with Crippen molar-refractivity contribution in [1.29, 1.82) is 0 Å². The molecule has 19 heavy (non-hydrogen) atoms. The minimum atomic E-state index is -0.437. The number of imidazole rings is 1. The average molecular weight is 266 g/mol. The monoisotopic (exact) mass is 266 g/mol. The predicted molar refractivity (Wildman–Crippen MR) is 71.1 cm³/mol. The fourth-order valence-electron chi connectivity index (χ4n) is 2.08. The number of nitrogens with one attached hydrogen (secondary N) is 1. The second kappa shape index (κ2) is 5.40. The summed E-state index contributed by atoms with van der Waals surface area (Å²) in [7, 11) is 1.72. The third-order valence-electron chi connectivity index (χ3n) is 3.11. The fraction of sp³-hybridized carbons (Fsp3) is 0.583. The van der Waals surface area contributed by atoms with Crippen LogP contribution in [0.1, 0.15) is 26.2 Å². The van der Waals surface area contributed by atoms with Gasteiger partial charge in [0.05, 0.1) is 12.4 Å². The minimum Gasteiger partial charge on any atom is -0.393 e. The lowest BCUT2D eigenvalue weighted by atomic mass is 10.2. The largest absolute Gasteiger partial charge is 0.393 e. The number of aromatic amines is 1. The Hall–Kier alpha value is -1.89. The Labute approximate surface area is 109 Å². The van der Waals surface area contributed by atoms with E-state index in [1.807, 2.05) is 0 Å². The lowest BCUT2D eigenvalue weighted by molar-refractivity contribution is 0.180. The summed E-state index contributed by atoms with van der Waals surface area (Å²) in [6.07, 6.45) is 3.26. The van der Waals surface area contributed by atoms with E-state index in [4.69, 9.17) is 5.11 Å². The molecule has 0 spiro atoms. The molecule has 2 aromatic rings. The lowest BCUT2D eigenvalue weighted by Gasteiger charge is -2.06. The molecule has 2 heterocycles. The highest BCUT2D eigenvalue weighted by Gasteiger charge is 2.11. The van der Waals surface area contributed by atoms with Crippen LogP contribution < -0.4 is 11.2 Å². The van der Waals surface area contributed by atoms with Crippen molar-refractivity contribution in [1.82, 2.24) is 19.1 Å². The Morgan fingerprint density at radius 2 is 2.16 bits per heavy atom. The molecule has 0 aliphatic rings. The standard InChI is InChI=1S/C12H18N4O3/c1-8(17)5-3-4-6-16-11(18)9-10(14-12(16)19)13-7-15(9)2/h7-8,17H,3-6H2,1-2H3,(H,14,19). The molecule has 0 aromatic carbocycles. The van der Waals surface area contributed by atoms with Crippen LogP contribution in [-0.2, 0) is 13.6 Å². The van der Waals surface area contributed by atoms with Crippen molar-refractivity contribution in [2.45, 2.75) is 38.8 Å². The van der Waals surface area contributed by atoms with E-state index in [0.29, 0.717) is 30.6 Å². The number of aliphatic hydroxyl groups is 1. The summed E-state index contributed by atoms with van der Waals surface area (Å²) in [5, 5.41) is 9.16. The topological polar surface area (TPSA) is 92.9 Å². The number of aliphatic hydroxyl groups excluding tert-OH is 1. The van der Waals surface area contributed by atoms with Crippen LogP contribution in [0.4, 0.5) is 0 Å². The normalized spacial score (nSPS) is 13.0. The first kappa shape index (κ1) is 13.5. The second-order valence-electron chi connectivity index (χ2n) is 4.78. The van der Waals surface area contributed by atoms with Crippen LogP contribution in [0.25, 0.3) is 11.2 Å². The number of hydrogen-bond donors (Lipinski definition) is 2. The molecule has 0 amide bonds. The van der Waals surface area contributed by atoms with Crippen LogP contribution in [0.2, 0.25) is 0 Å². The van der Waals surface area contributed by atoms with Crippen LogP contribution in [-0.4, -0.2) is 30.3 Å². The summed E-state index contributed by atoms with van der Waals surface area (Å²) in [5.41, 5.74) is -0.0445. The molecular formula is C12H18N4O3. The van der Waals surface area contributed by atoms with Gasteiger partial charge in [-0.1, -0.05) is 0 Å². The van der Waals surface area contributed by atoms with E-state index in [9.17, 15) is 9.59 Å². The molecule has 0 fully saturated rings. The molecule has 0 bridgehead atoms. The number of hydrogen-bond acceptors (Lipinski definition) is 4. The van der Waals surface area contributed by atoms with Crippen molar-refractivity contribution in [3.8, 4) is 0 Å². The fourth-order valence-corrected chi connectivity index (χ4v) is 2.08. The molecule has 1 unspecified atom stereocenters. The third kappa shape index (κ3) is 2.76. The molecule has 0 saturated heterocycles. The van der Waals surface area contributed by atoms with Crippen LogP contribution in [0.15, 0.2) is 15.9 Å². The van der Waals surface area contributed by atoms with Crippen molar-refractivity contribution in [3.05, 3.63) is 27.2 Å². The zero-order chi connectivity index (χ0) is 14.0. The molecule has 0 aliphatic heterocycles. The van der Waals surface area contributed by atoms with Crippen molar-refractivity contribution < 1.29 is 5.11 Å². The highest BCUT2D eigenvalue weighted by molar-refractivity contribution is 5.68. The molecule has 1 atom stereocenters. The lowest BCUT2D eigenvalue weighted by Crippen LogP contribution is -2.35. The van der Waals surface area contributed by atoms with Gasteiger partial charge in [0.2, 0.25) is 0 Å². The molecule has 2 rings (SSSR count). The molecule has 0 saturated carbocycles. The van der Waals surface area contributed by atoms with E-state index in [1.54, 1.807) is 18.5 Å². The molecule has 2 N–H and O–H groups in total. The van der Waals surface area contributed by atoms with Crippen LogP contribution in [0.5, 0.6) is 0 Å². The number of fused-ring (bicyclic) bond motifs is 1. The Morgan fingerprint density at radius 1 is 1.42 bits per heavy atom. The third-order valence-corrected chi connectivity index (χ3v) is 3.11. The van der Waals surface area contributed by atoms with Gasteiger partial charge in [-0.05, 0) is 26.2 Å². The summed E-state index contributed by atoms with van der Waals surface area (Å²) in [4.78, 5) is 30.5. The van der Waals surface area contributed by atoms with Gasteiger partial charge in [0, 0.05) is 13.6 Å². The van der Waals surface area contributed by atoms with Gasteiger partial charge in [0.1, 0.15) is 0 Å². The van der Waals surface area contributed by atoms with Gasteiger partial charge in [0.15, 0.2) is 11.2 Å². The summed E-state index contributed by atoms with van der Waals surface area (Å²) < 4.78 is 2.78. The summed E-state index contributed by atoms with van der Waals surface area (Å²) in [6, 6.07) is 0. The maximum Gasteiger partial charge on any atom is 0.330 e. The molecule has 2 aromatic heterocycles. The first-order valence-electron chi connectivity index (χ1n) is 6.33. The molecular weight excluding hydrogens is 248 g/mol. The van der Waals surface area contributed by atoms with E-state index in [2.05, 4.69) is 9.97 Å². The Kier molecular flexibility index (Phi) is 3.84. The number of nitrogens with zero attached hydrogens (tertiary/aromatic N) is 3. The molecule has 0 radical (unpaired) electrons. The van der Waals surface area contributed by atoms with Gasteiger partial charge in [0.25, 0.3) is 5.56 Å². The zero-order valence-corrected chi connectivity index (χ0v) is 11.1. The Morgan fingerprint density at radius 3 is 2.84 bits per heavy atom. The summed E-state index contributed by atoms with van der Waals surface area (Å²) >= 11 is 0. The maximum absolute atomic E-state index is 12.2. The molecule has 0 aliphatic carbocycles. The van der Waals surface area contributed by atoms with Gasteiger partial charge < -0.3 is 9.67 Å². The minimum absolute atomic E-state index is 0.317. The van der Waals surface area contributed by atoms with E-state index >= 15 is 0 Å². The van der Waals surface area contributed by atoms with Gasteiger partial charge in [-0.2, -0.15) is 0 Å². The predicted octanol–water partition coefficient (Wildman–Crippen LogP) is -0.0256. The number of rotatable bonds is 5. The summed E-state index contributed by atoms with van der Waals surface area (Å²) in [5.74, 6) is 0. The summed E-state index contributed by atoms with van der Waals surface area (Å²) in [6.45, 7) is 2.07. The highest BCUT2D eigenvalue weighted by atomic mass is 16.3. The van der Waals surface area contributed by atoms with Crippen molar-refractivity contribution in [2.24, 2.45) is 7.05 Å². The number of H-pyrrole nitrogens is 1. The van der Waals surface area contributed by atoms with Crippen molar-refractivity contribution in [3.63, 3.8) is 0 Å². The molecule has 104 valence electrons. The van der Waals surface area contributed by atoms with E-state index in [1.165, 1.54) is 10.9 Å². The number of aryl methyl sites for hydroxylation is 1. The first-order valence-corrected chi connectivity index (χ1v) is 6.33. The SMILES string of the molecule is CC(O)CCCCn1c(=O)[nH]c2ncn(C)c2c1=O. The molecule has 7 heteroatoms.